The molecule has 2 aromatic heterocycles. The number of aromatic nitrogens is 4. The summed E-state index contributed by atoms with van der Waals surface area (Å²) in [6, 6.07) is 9.77. The molecule has 3 N–H and O–H groups in total. The van der Waals surface area contributed by atoms with E-state index in [1.807, 2.05) is 0 Å². The zero-order valence-electron chi connectivity index (χ0n) is 18.9. The number of halogens is 5. The topological polar surface area (TPSA) is 105 Å². The Morgan fingerprint density at radius 2 is 1.86 bits per heavy atom. The maximum atomic E-state index is 14.6. The van der Waals surface area contributed by atoms with Crippen LogP contribution in [0.2, 0.25) is 0 Å². The van der Waals surface area contributed by atoms with Crippen LogP contribution in [0.5, 0.6) is 0 Å². The molecule has 0 fully saturated rings. The number of rotatable bonds is 8. The lowest BCUT2D eigenvalue weighted by molar-refractivity contribution is -0.137. The van der Waals surface area contributed by atoms with E-state index >= 15 is 0 Å². The number of nitrogens with zero attached hydrogens (tertiary/aromatic N) is 4. The van der Waals surface area contributed by atoms with Crippen molar-refractivity contribution < 1.29 is 31.9 Å². The molecular formula is C24H19F5N6O2. The summed E-state index contributed by atoms with van der Waals surface area (Å²) in [5, 5.41) is 20.4. The van der Waals surface area contributed by atoms with Crippen LogP contribution in [-0.2, 0) is 18.3 Å². The smallest absolute Gasteiger partial charge is 0.381 e. The minimum Gasteiger partial charge on any atom is -0.381 e. The third-order valence-corrected chi connectivity index (χ3v) is 5.37. The number of carbonyl (C=O) groups excluding carboxylic acids is 1. The molecule has 192 valence electrons. The largest absolute Gasteiger partial charge is 0.416 e. The van der Waals surface area contributed by atoms with Gasteiger partial charge >= 0.3 is 6.18 Å². The summed E-state index contributed by atoms with van der Waals surface area (Å²) in [7, 11) is 0. The fraction of sp³-hybridized carbons (Fsp3) is 0.167. The van der Waals surface area contributed by atoms with Gasteiger partial charge in [-0.2, -0.15) is 18.3 Å². The van der Waals surface area contributed by atoms with Crippen LogP contribution in [0.15, 0.2) is 73.4 Å². The van der Waals surface area contributed by atoms with Crippen LogP contribution in [0.4, 0.5) is 33.5 Å². The maximum absolute atomic E-state index is 14.6. The van der Waals surface area contributed by atoms with Gasteiger partial charge in [-0.15, -0.1) is 0 Å². The van der Waals surface area contributed by atoms with E-state index in [0.29, 0.717) is 6.07 Å². The molecule has 0 radical (unpaired) electrons. The standard InChI is InChI=1S/C24H19F5N6O2/c25-16-6-7-19(20(26)10-16)23(37,12-35-14-30-13-33-35)11-32-22(36)18-5-2-8-31-21(18)34-17-4-1-3-15(9-17)24(27,28)29/h1-10,13-14,37H,11-12H2,(H,31,34)(H,32,36)/t23-/m1/s1. The molecule has 0 unspecified atom stereocenters. The fourth-order valence-electron chi connectivity index (χ4n) is 3.61. The summed E-state index contributed by atoms with van der Waals surface area (Å²) in [5.41, 5.74) is -3.27. The Kier molecular flexibility index (Phi) is 7.16. The molecule has 0 spiro atoms. The third kappa shape index (κ3) is 6.06. The number of amides is 1. The number of hydrogen-bond donors (Lipinski definition) is 3. The molecule has 0 bridgehead atoms. The summed E-state index contributed by atoms with van der Waals surface area (Å²) in [4.78, 5) is 20.8. The SMILES string of the molecule is O=C(NC[C@@](O)(Cn1cncn1)c1ccc(F)cc1F)c1cccnc1Nc1cccc(C(F)(F)F)c1. The molecule has 2 heterocycles. The number of aliphatic hydroxyl groups is 1. The average Bonchev–Trinajstić information content (AvgIpc) is 3.35. The Bertz CT molecular complexity index is 1400. The molecule has 37 heavy (non-hydrogen) atoms. The first-order valence-electron chi connectivity index (χ1n) is 10.7. The molecule has 1 amide bonds. The predicted octanol–water partition coefficient (Wildman–Crippen LogP) is 4.03. The zero-order chi connectivity index (χ0) is 26.6. The molecule has 0 saturated carbocycles. The van der Waals surface area contributed by atoms with Crippen LogP contribution in [0.3, 0.4) is 0 Å². The summed E-state index contributed by atoms with van der Waals surface area (Å²) < 4.78 is 68.5. The van der Waals surface area contributed by atoms with Gasteiger partial charge in [-0.05, 0) is 36.4 Å². The maximum Gasteiger partial charge on any atom is 0.416 e. The van der Waals surface area contributed by atoms with Gasteiger partial charge in [-0.25, -0.2) is 23.4 Å². The van der Waals surface area contributed by atoms with Crippen molar-refractivity contribution in [1.82, 2.24) is 25.1 Å². The second-order valence-electron chi connectivity index (χ2n) is 8.03. The molecule has 8 nitrogen and oxygen atoms in total. The highest BCUT2D eigenvalue weighted by Crippen LogP contribution is 2.32. The third-order valence-electron chi connectivity index (χ3n) is 5.37. The number of hydrogen-bond acceptors (Lipinski definition) is 6. The van der Waals surface area contributed by atoms with Crippen molar-refractivity contribution in [2.75, 3.05) is 11.9 Å². The lowest BCUT2D eigenvalue weighted by Gasteiger charge is -2.29. The Balaban J connectivity index is 1.57. The van der Waals surface area contributed by atoms with Gasteiger partial charge in [-0.3, -0.25) is 4.79 Å². The van der Waals surface area contributed by atoms with E-state index in [2.05, 4.69) is 25.7 Å². The van der Waals surface area contributed by atoms with Gasteiger partial charge in [0.2, 0.25) is 0 Å². The minimum atomic E-state index is -4.56. The Labute approximate surface area is 206 Å². The van der Waals surface area contributed by atoms with Gasteiger partial charge in [0.05, 0.1) is 24.2 Å². The lowest BCUT2D eigenvalue weighted by Crippen LogP contribution is -2.44. The minimum absolute atomic E-state index is 0.0404. The number of pyridine rings is 1. The molecule has 0 aliphatic carbocycles. The highest BCUT2D eigenvalue weighted by atomic mass is 19.4. The first kappa shape index (κ1) is 25.7. The Hall–Kier alpha value is -4.39. The molecule has 0 aliphatic heterocycles. The van der Waals surface area contributed by atoms with Crippen molar-refractivity contribution in [3.8, 4) is 0 Å². The molecule has 1 atom stereocenters. The quantitative estimate of drug-likeness (QED) is 0.304. The number of anilines is 2. The number of nitrogens with one attached hydrogen (secondary N) is 2. The van der Waals surface area contributed by atoms with Crippen LogP contribution in [0.1, 0.15) is 21.5 Å². The number of alkyl halides is 3. The van der Waals surface area contributed by atoms with Crippen molar-refractivity contribution in [2.24, 2.45) is 0 Å². The van der Waals surface area contributed by atoms with E-state index in [1.54, 1.807) is 0 Å². The van der Waals surface area contributed by atoms with Crippen molar-refractivity contribution in [3.63, 3.8) is 0 Å². The molecule has 13 heteroatoms. The predicted molar refractivity (Wildman–Crippen MR) is 122 cm³/mol. The van der Waals surface area contributed by atoms with Crippen LogP contribution in [-0.4, -0.2) is 37.3 Å². The summed E-state index contributed by atoms with van der Waals surface area (Å²) in [5.74, 6) is -2.70. The number of carbonyl (C=O) groups is 1. The molecule has 2 aromatic carbocycles. The normalized spacial score (nSPS) is 13.1. The molecular weight excluding hydrogens is 499 g/mol. The average molecular weight is 518 g/mol. The van der Waals surface area contributed by atoms with E-state index < -0.39 is 41.4 Å². The highest BCUT2D eigenvalue weighted by molar-refractivity contribution is 5.99. The van der Waals surface area contributed by atoms with Gasteiger partial charge in [-0.1, -0.05) is 12.1 Å². The van der Waals surface area contributed by atoms with Crippen molar-refractivity contribution in [3.05, 3.63) is 102 Å². The van der Waals surface area contributed by atoms with Gasteiger partial charge in [0, 0.05) is 23.5 Å². The second kappa shape index (κ2) is 10.3. The van der Waals surface area contributed by atoms with Gasteiger partial charge in [0.1, 0.15) is 35.7 Å². The Morgan fingerprint density at radius 3 is 2.57 bits per heavy atom. The van der Waals surface area contributed by atoms with Crippen LogP contribution >= 0.6 is 0 Å². The summed E-state index contributed by atoms with van der Waals surface area (Å²) in [6.07, 6.45) is -0.762. The molecule has 0 saturated heterocycles. The zero-order valence-corrected chi connectivity index (χ0v) is 18.9. The van der Waals surface area contributed by atoms with Crippen LogP contribution in [0.25, 0.3) is 0 Å². The van der Waals surface area contributed by atoms with E-state index in [9.17, 15) is 31.9 Å². The molecule has 4 rings (SSSR count). The van der Waals surface area contributed by atoms with E-state index in [4.69, 9.17) is 0 Å². The summed E-state index contributed by atoms with van der Waals surface area (Å²) in [6.45, 7) is -0.871. The van der Waals surface area contributed by atoms with Gasteiger partial charge < -0.3 is 15.7 Å². The van der Waals surface area contributed by atoms with Crippen LogP contribution < -0.4 is 10.6 Å². The monoisotopic (exact) mass is 518 g/mol. The van der Waals surface area contributed by atoms with Gasteiger partial charge in [0.25, 0.3) is 5.91 Å². The highest BCUT2D eigenvalue weighted by Gasteiger charge is 2.34. The van der Waals surface area contributed by atoms with Crippen LogP contribution in [0, 0.1) is 11.6 Å². The Morgan fingerprint density at radius 1 is 1.05 bits per heavy atom. The summed E-state index contributed by atoms with van der Waals surface area (Å²) >= 11 is 0. The number of benzene rings is 2. The van der Waals surface area contributed by atoms with E-state index in [-0.39, 0.29) is 29.2 Å². The van der Waals surface area contributed by atoms with E-state index in [0.717, 1.165) is 24.3 Å². The molecule has 0 aliphatic rings. The van der Waals surface area contributed by atoms with Crippen molar-refractivity contribution >= 4 is 17.4 Å². The van der Waals surface area contributed by atoms with Crippen molar-refractivity contribution in [2.45, 2.75) is 18.3 Å². The van der Waals surface area contributed by atoms with Gasteiger partial charge in [0.15, 0.2) is 0 Å². The molecule has 4 aromatic rings. The fourth-order valence-corrected chi connectivity index (χ4v) is 3.61. The first-order chi connectivity index (χ1) is 17.5. The first-order valence-corrected chi connectivity index (χ1v) is 10.7. The van der Waals surface area contributed by atoms with Crippen molar-refractivity contribution in [1.29, 1.82) is 0 Å². The second-order valence-corrected chi connectivity index (χ2v) is 8.03. The van der Waals surface area contributed by atoms with E-state index in [1.165, 1.54) is 47.8 Å². The lowest BCUT2D eigenvalue weighted by atomic mass is 9.92.